The number of nitrogens with one attached hydrogen (secondary N) is 1. The van der Waals surface area contributed by atoms with Gasteiger partial charge in [0, 0.05) is 16.7 Å². The van der Waals surface area contributed by atoms with Gasteiger partial charge >= 0.3 is 0 Å². The molecule has 120 valence electrons. The van der Waals surface area contributed by atoms with Gasteiger partial charge in [0.05, 0.1) is 7.11 Å². The number of fused-ring (bicyclic) bond motifs is 3. The van der Waals surface area contributed by atoms with Gasteiger partial charge in [0.15, 0.2) is 17.2 Å². The van der Waals surface area contributed by atoms with Crippen molar-refractivity contribution in [3.05, 3.63) is 53.8 Å². The van der Waals surface area contributed by atoms with Gasteiger partial charge in [0.2, 0.25) is 5.16 Å². The molecule has 2 heterocycles. The molecule has 0 bridgehead atoms. The molecule has 2 aromatic carbocycles. The maximum absolute atomic E-state index is 13.7. The van der Waals surface area contributed by atoms with Crippen LogP contribution in [-0.4, -0.2) is 27.3 Å². The Morgan fingerprint density at radius 2 is 2.04 bits per heavy atom. The number of para-hydroxylation sites is 1. The minimum atomic E-state index is -0.374. The number of hydrogen-bond donors (Lipinski definition) is 1. The highest BCUT2D eigenvalue weighted by molar-refractivity contribution is 7.98. The molecule has 0 radical (unpaired) electrons. The number of halogens is 1. The molecule has 24 heavy (non-hydrogen) atoms. The maximum atomic E-state index is 13.7. The molecule has 0 aliphatic carbocycles. The zero-order valence-electron chi connectivity index (χ0n) is 12.8. The minimum absolute atomic E-state index is 0.237. The number of methoxy groups -OCH3 is 1. The Labute approximate surface area is 141 Å². The Hall–Kier alpha value is -2.67. The van der Waals surface area contributed by atoms with Crippen LogP contribution < -0.4 is 4.74 Å². The average Bonchev–Trinajstić information content (AvgIpc) is 2.98. The summed E-state index contributed by atoms with van der Waals surface area (Å²) < 4.78 is 18.6. The van der Waals surface area contributed by atoms with Gasteiger partial charge in [0.1, 0.15) is 5.52 Å². The van der Waals surface area contributed by atoms with Crippen LogP contribution in [-0.2, 0) is 5.75 Å². The molecule has 7 heteroatoms. The lowest BCUT2D eigenvalue weighted by atomic mass is 10.2. The van der Waals surface area contributed by atoms with Crippen molar-refractivity contribution in [2.24, 2.45) is 0 Å². The summed E-state index contributed by atoms with van der Waals surface area (Å²) in [5.41, 5.74) is 3.27. The molecule has 4 rings (SSSR count). The van der Waals surface area contributed by atoms with Crippen LogP contribution in [0.4, 0.5) is 4.39 Å². The van der Waals surface area contributed by atoms with E-state index < -0.39 is 0 Å². The van der Waals surface area contributed by atoms with Crippen molar-refractivity contribution in [3.8, 4) is 5.75 Å². The van der Waals surface area contributed by atoms with Gasteiger partial charge < -0.3 is 9.72 Å². The highest BCUT2D eigenvalue weighted by Gasteiger charge is 2.10. The van der Waals surface area contributed by atoms with Crippen molar-refractivity contribution in [1.29, 1.82) is 0 Å². The normalized spacial score (nSPS) is 11.2. The van der Waals surface area contributed by atoms with Crippen LogP contribution in [0.15, 0.2) is 47.6 Å². The molecular formula is C17H13FN4OS. The molecule has 0 amide bonds. The van der Waals surface area contributed by atoms with Crippen LogP contribution in [0.2, 0.25) is 0 Å². The molecule has 1 N–H and O–H groups in total. The SMILES string of the molecule is COc1ccc(CSc2nnc3c(n2)[nH]c2ccccc23)cc1F. The van der Waals surface area contributed by atoms with Crippen LogP contribution in [0.3, 0.4) is 0 Å². The van der Waals surface area contributed by atoms with Crippen LogP contribution in [0.5, 0.6) is 5.75 Å². The maximum Gasteiger partial charge on any atom is 0.211 e. The van der Waals surface area contributed by atoms with Crippen molar-refractivity contribution < 1.29 is 9.13 Å². The molecule has 0 aliphatic rings. The zero-order chi connectivity index (χ0) is 16.5. The summed E-state index contributed by atoms with van der Waals surface area (Å²) in [4.78, 5) is 7.74. The van der Waals surface area contributed by atoms with E-state index in [1.54, 1.807) is 6.07 Å². The minimum Gasteiger partial charge on any atom is -0.494 e. The fourth-order valence-corrected chi connectivity index (χ4v) is 3.24. The lowest BCUT2D eigenvalue weighted by Crippen LogP contribution is -1.93. The number of hydrogen-bond acceptors (Lipinski definition) is 5. The monoisotopic (exact) mass is 340 g/mol. The summed E-state index contributed by atoms with van der Waals surface area (Å²) in [6.07, 6.45) is 0. The van der Waals surface area contributed by atoms with Gasteiger partial charge in [-0.15, -0.1) is 10.2 Å². The number of rotatable bonds is 4. The second kappa shape index (κ2) is 6.09. The predicted molar refractivity (Wildman–Crippen MR) is 91.7 cm³/mol. The van der Waals surface area contributed by atoms with Crippen molar-refractivity contribution in [2.45, 2.75) is 10.9 Å². The number of nitrogens with zero attached hydrogens (tertiary/aromatic N) is 3. The quantitative estimate of drug-likeness (QED) is 0.570. The number of thioether (sulfide) groups is 1. The van der Waals surface area contributed by atoms with E-state index in [1.165, 1.54) is 24.9 Å². The standard InChI is InChI=1S/C17H13FN4OS/c1-23-14-7-6-10(8-12(14)18)9-24-17-20-16-15(21-22-17)11-4-2-3-5-13(11)19-16/h2-8H,9H2,1H3,(H,19,20,22). The molecule has 5 nitrogen and oxygen atoms in total. The summed E-state index contributed by atoms with van der Waals surface area (Å²) in [6.45, 7) is 0. The van der Waals surface area contributed by atoms with Crippen molar-refractivity contribution in [3.63, 3.8) is 0 Å². The second-order valence-electron chi connectivity index (χ2n) is 5.22. The molecule has 0 saturated heterocycles. The molecule has 0 saturated carbocycles. The van der Waals surface area contributed by atoms with E-state index in [1.807, 2.05) is 30.3 Å². The van der Waals surface area contributed by atoms with E-state index in [9.17, 15) is 4.39 Å². The Kier molecular flexibility index (Phi) is 3.78. The fourth-order valence-electron chi connectivity index (χ4n) is 2.51. The number of aromatic nitrogens is 4. The first-order valence-corrected chi connectivity index (χ1v) is 8.29. The lowest BCUT2D eigenvalue weighted by molar-refractivity contribution is 0.386. The first-order chi connectivity index (χ1) is 11.7. The van der Waals surface area contributed by atoms with E-state index in [4.69, 9.17) is 4.74 Å². The van der Waals surface area contributed by atoms with Gasteiger partial charge in [-0.3, -0.25) is 0 Å². The van der Waals surface area contributed by atoms with Crippen LogP contribution >= 0.6 is 11.8 Å². The third-order valence-corrected chi connectivity index (χ3v) is 4.60. The van der Waals surface area contributed by atoms with Gasteiger partial charge in [-0.25, -0.2) is 9.37 Å². The molecule has 0 aliphatic heterocycles. The van der Waals surface area contributed by atoms with Crippen LogP contribution in [0.25, 0.3) is 22.1 Å². The third kappa shape index (κ3) is 2.67. The molecule has 0 unspecified atom stereocenters. The van der Waals surface area contributed by atoms with E-state index in [-0.39, 0.29) is 11.6 Å². The molecule has 4 aromatic rings. The summed E-state index contributed by atoms with van der Waals surface area (Å²) >= 11 is 1.41. The van der Waals surface area contributed by atoms with Crippen LogP contribution in [0, 0.1) is 5.82 Å². The Morgan fingerprint density at radius 1 is 1.17 bits per heavy atom. The summed E-state index contributed by atoms with van der Waals surface area (Å²) in [5.74, 6) is 0.413. The zero-order valence-corrected chi connectivity index (χ0v) is 13.6. The Bertz CT molecular complexity index is 1030. The summed E-state index contributed by atoms with van der Waals surface area (Å²) in [5, 5.41) is 9.98. The second-order valence-corrected chi connectivity index (χ2v) is 6.16. The molecule has 0 fully saturated rings. The number of aromatic amines is 1. The smallest absolute Gasteiger partial charge is 0.211 e. The number of H-pyrrole nitrogens is 1. The Morgan fingerprint density at radius 3 is 2.88 bits per heavy atom. The van der Waals surface area contributed by atoms with Crippen molar-refractivity contribution in [1.82, 2.24) is 20.2 Å². The molecule has 0 spiro atoms. The topological polar surface area (TPSA) is 63.7 Å². The van der Waals surface area contributed by atoms with Gasteiger partial charge in [-0.2, -0.15) is 0 Å². The highest BCUT2D eigenvalue weighted by atomic mass is 32.2. The van der Waals surface area contributed by atoms with E-state index >= 15 is 0 Å². The Balaban J connectivity index is 1.58. The summed E-state index contributed by atoms with van der Waals surface area (Å²) in [6, 6.07) is 12.8. The number of benzene rings is 2. The van der Waals surface area contributed by atoms with Gasteiger partial charge in [0.25, 0.3) is 0 Å². The predicted octanol–water partition coefficient (Wildman–Crippen LogP) is 3.95. The highest BCUT2D eigenvalue weighted by Crippen LogP contribution is 2.26. The van der Waals surface area contributed by atoms with E-state index in [0.29, 0.717) is 16.6 Å². The third-order valence-electron chi connectivity index (χ3n) is 3.69. The molecular weight excluding hydrogens is 327 g/mol. The largest absolute Gasteiger partial charge is 0.494 e. The van der Waals surface area contributed by atoms with Crippen molar-refractivity contribution >= 4 is 33.8 Å². The van der Waals surface area contributed by atoms with Gasteiger partial charge in [-0.05, 0) is 23.8 Å². The lowest BCUT2D eigenvalue weighted by Gasteiger charge is -2.04. The average molecular weight is 340 g/mol. The van der Waals surface area contributed by atoms with Gasteiger partial charge in [-0.1, -0.05) is 36.0 Å². The first-order valence-electron chi connectivity index (χ1n) is 7.31. The van der Waals surface area contributed by atoms with Crippen molar-refractivity contribution in [2.75, 3.05) is 7.11 Å². The van der Waals surface area contributed by atoms with E-state index in [0.717, 1.165) is 22.0 Å². The first kappa shape index (κ1) is 14.9. The molecule has 2 aromatic heterocycles. The molecule has 0 atom stereocenters. The van der Waals surface area contributed by atoms with Crippen LogP contribution in [0.1, 0.15) is 5.56 Å². The van der Waals surface area contributed by atoms with E-state index in [2.05, 4.69) is 20.2 Å². The number of ether oxygens (including phenoxy) is 1. The summed E-state index contributed by atoms with van der Waals surface area (Å²) in [7, 11) is 1.45. The fraction of sp³-hybridized carbons (Fsp3) is 0.118.